The van der Waals surface area contributed by atoms with Crippen molar-refractivity contribution in [3.05, 3.63) is 38.7 Å². The van der Waals surface area contributed by atoms with Crippen molar-refractivity contribution in [1.82, 2.24) is 0 Å². The number of aryl methyl sites for hydroxylation is 1. The van der Waals surface area contributed by atoms with E-state index in [0.29, 0.717) is 38.4 Å². The molecule has 1 N–H and O–H groups in total. The van der Waals surface area contributed by atoms with Gasteiger partial charge in [0, 0.05) is 22.9 Å². The van der Waals surface area contributed by atoms with Crippen molar-refractivity contribution in [2.45, 2.75) is 38.2 Å². The van der Waals surface area contributed by atoms with Crippen molar-refractivity contribution in [2.24, 2.45) is 5.16 Å². The number of halogens is 1. The zero-order valence-corrected chi connectivity index (χ0v) is 18.2. The summed E-state index contributed by atoms with van der Waals surface area (Å²) in [7, 11) is 3.06. The summed E-state index contributed by atoms with van der Waals surface area (Å²) in [5.41, 5.74) is 2.85. The number of amides is 1. The number of ether oxygens (including phenoxy) is 2. The number of thiophene rings is 1. The summed E-state index contributed by atoms with van der Waals surface area (Å²) in [6.07, 6.45) is 3.49. The molecule has 1 amide bonds. The van der Waals surface area contributed by atoms with E-state index >= 15 is 0 Å². The molecule has 30 heavy (non-hydrogen) atoms. The molecule has 156 valence electrons. The van der Waals surface area contributed by atoms with E-state index < -0.39 is 6.10 Å². The van der Waals surface area contributed by atoms with Crippen molar-refractivity contribution in [3.8, 4) is 17.6 Å². The maximum atomic E-state index is 12.8. The van der Waals surface area contributed by atoms with Crippen LogP contribution in [0.4, 0.5) is 5.00 Å². The molecular weight excluding hydrogens is 426 g/mol. The van der Waals surface area contributed by atoms with E-state index in [2.05, 4.69) is 16.5 Å². The quantitative estimate of drug-likeness (QED) is 0.740. The summed E-state index contributed by atoms with van der Waals surface area (Å²) < 4.78 is 10.6. The Morgan fingerprint density at radius 3 is 2.80 bits per heavy atom. The van der Waals surface area contributed by atoms with Crippen molar-refractivity contribution in [2.75, 3.05) is 19.5 Å². The van der Waals surface area contributed by atoms with Crippen LogP contribution in [0.2, 0.25) is 5.02 Å². The van der Waals surface area contributed by atoms with Gasteiger partial charge in [-0.2, -0.15) is 5.26 Å². The fourth-order valence-electron chi connectivity index (χ4n) is 3.73. The smallest absolute Gasteiger partial charge is 0.269 e. The second kappa shape index (κ2) is 8.54. The van der Waals surface area contributed by atoms with Gasteiger partial charge >= 0.3 is 0 Å². The molecule has 1 aromatic carbocycles. The van der Waals surface area contributed by atoms with E-state index in [-0.39, 0.29) is 12.3 Å². The Morgan fingerprint density at radius 1 is 1.30 bits per heavy atom. The Bertz CT molecular complexity index is 1070. The molecule has 7 nitrogen and oxygen atoms in total. The standard InChI is InChI=1S/C21H20ClN3O4S/c1-27-16-9-17(28-2)14(22)7-12(16)15-8-18(29-25-15)20(26)24-21-13(10-23)11-5-3-4-6-19(11)30-21/h7,9,18H,3-6,8H2,1-2H3,(H,24,26)/t18-/m1/s1. The van der Waals surface area contributed by atoms with Gasteiger partial charge in [0.25, 0.3) is 5.91 Å². The van der Waals surface area contributed by atoms with Gasteiger partial charge in [0.2, 0.25) is 6.10 Å². The highest BCUT2D eigenvalue weighted by atomic mass is 35.5. The number of benzene rings is 1. The summed E-state index contributed by atoms with van der Waals surface area (Å²) in [4.78, 5) is 19.4. The number of carbonyl (C=O) groups excluding carboxylic acids is 1. The molecule has 1 atom stereocenters. The van der Waals surface area contributed by atoms with Gasteiger partial charge in [0.05, 0.1) is 30.5 Å². The van der Waals surface area contributed by atoms with E-state index in [0.717, 1.165) is 31.2 Å². The third-order valence-electron chi connectivity index (χ3n) is 5.27. The molecule has 9 heteroatoms. The van der Waals surface area contributed by atoms with Crippen molar-refractivity contribution in [3.63, 3.8) is 0 Å². The van der Waals surface area contributed by atoms with Crippen LogP contribution in [0.1, 0.15) is 40.8 Å². The molecule has 0 bridgehead atoms. The summed E-state index contributed by atoms with van der Waals surface area (Å²) in [6, 6.07) is 5.60. The number of methoxy groups -OCH3 is 2. The first kappa shape index (κ1) is 20.5. The third-order valence-corrected chi connectivity index (χ3v) is 6.77. The molecule has 4 rings (SSSR count). The number of nitriles is 1. The zero-order valence-electron chi connectivity index (χ0n) is 16.6. The van der Waals surface area contributed by atoms with Crippen LogP contribution in [0.3, 0.4) is 0 Å². The Morgan fingerprint density at radius 2 is 2.07 bits per heavy atom. The topological polar surface area (TPSA) is 92.9 Å². The lowest BCUT2D eigenvalue weighted by atomic mass is 9.96. The van der Waals surface area contributed by atoms with Gasteiger partial charge in [-0.3, -0.25) is 4.79 Å². The van der Waals surface area contributed by atoms with Gasteiger partial charge in [0.15, 0.2) is 0 Å². The van der Waals surface area contributed by atoms with E-state index in [1.54, 1.807) is 12.1 Å². The minimum Gasteiger partial charge on any atom is -0.496 e. The van der Waals surface area contributed by atoms with Gasteiger partial charge in [-0.05, 0) is 37.3 Å². The molecule has 1 aromatic heterocycles. The molecule has 2 aromatic rings. The summed E-state index contributed by atoms with van der Waals surface area (Å²) >= 11 is 7.73. The lowest BCUT2D eigenvalue weighted by Crippen LogP contribution is -2.28. The number of anilines is 1. The molecule has 0 fully saturated rings. The second-order valence-corrected chi connectivity index (χ2v) is 8.55. The van der Waals surface area contributed by atoms with E-state index in [9.17, 15) is 10.1 Å². The summed E-state index contributed by atoms with van der Waals surface area (Å²) in [5, 5.41) is 17.5. The maximum absolute atomic E-state index is 12.8. The van der Waals surface area contributed by atoms with E-state index in [4.69, 9.17) is 25.9 Å². The van der Waals surface area contributed by atoms with Gasteiger partial charge in [0.1, 0.15) is 22.6 Å². The number of carbonyl (C=O) groups is 1. The predicted molar refractivity (Wildman–Crippen MR) is 115 cm³/mol. The normalized spacial score (nSPS) is 17.4. The van der Waals surface area contributed by atoms with Crippen LogP contribution in [0, 0.1) is 11.3 Å². The van der Waals surface area contributed by atoms with Crippen LogP contribution in [0.15, 0.2) is 17.3 Å². The van der Waals surface area contributed by atoms with Crippen LogP contribution in [0.5, 0.6) is 11.5 Å². The van der Waals surface area contributed by atoms with E-state index in [1.807, 2.05) is 0 Å². The fraction of sp³-hybridized carbons (Fsp3) is 0.381. The van der Waals surface area contributed by atoms with Crippen molar-refractivity contribution in [1.29, 1.82) is 5.26 Å². The Hall–Kier alpha value is -2.76. The largest absolute Gasteiger partial charge is 0.496 e. The monoisotopic (exact) mass is 445 g/mol. The fourth-order valence-corrected chi connectivity index (χ4v) is 5.21. The Labute approximate surface area is 183 Å². The lowest BCUT2D eigenvalue weighted by Gasteiger charge is -2.12. The van der Waals surface area contributed by atoms with Crippen molar-refractivity contribution < 1.29 is 19.1 Å². The number of hydrogen-bond acceptors (Lipinski definition) is 7. The summed E-state index contributed by atoms with van der Waals surface area (Å²) in [6.45, 7) is 0. The van der Waals surface area contributed by atoms with E-state index in [1.165, 1.54) is 30.4 Å². The Balaban J connectivity index is 1.50. The highest BCUT2D eigenvalue weighted by molar-refractivity contribution is 7.16. The second-order valence-electron chi connectivity index (χ2n) is 7.04. The highest BCUT2D eigenvalue weighted by Gasteiger charge is 2.32. The highest BCUT2D eigenvalue weighted by Crippen LogP contribution is 2.38. The number of nitrogens with zero attached hydrogens (tertiary/aromatic N) is 2. The lowest BCUT2D eigenvalue weighted by molar-refractivity contribution is -0.125. The number of nitrogens with one attached hydrogen (secondary N) is 1. The van der Waals surface area contributed by atoms with Crippen LogP contribution in [0.25, 0.3) is 0 Å². The predicted octanol–water partition coefficient (Wildman–Crippen LogP) is 4.30. The molecule has 0 saturated carbocycles. The number of fused-ring (bicyclic) bond motifs is 1. The van der Waals surface area contributed by atoms with Crippen LogP contribution in [-0.4, -0.2) is 31.9 Å². The first-order chi connectivity index (χ1) is 14.5. The van der Waals surface area contributed by atoms with Gasteiger partial charge in [-0.1, -0.05) is 16.8 Å². The molecule has 0 spiro atoms. The third kappa shape index (κ3) is 3.71. The number of hydrogen-bond donors (Lipinski definition) is 1. The number of oxime groups is 1. The Kier molecular flexibility index (Phi) is 5.84. The minimum atomic E-state index is -0.795. The molecule has 0 radical (unpaired) electrons. The SMILES string of the molecule is COc1cc(OC)c(C2=NO[C@@H](C(=O)Nc3sc4c(c3C#N)CCCC4)C2)cc1Cl. The van der Waals surface area contributed by atoms with Crippen molar-refractivity contribution >= 4 is 39.6 Å². The first-order valence-electron chi connectivity index (χ1n) is 9.55. The molecule has 0 saturated heterocycles. The van der Waals surface area contributed by atoms with Gasteiger partial charge < -0.3 is 19.6 Å². The van der Waals surface area contributed by atoms with Crippen LogP contribution < -0.4 is 14.8 Å². The van der Waals surface area contributed by atoms with Crippen LogP contribution >= 0.6 is 22.9 Å². The molecule has 2 aliphatic rings. The zero-order chi connectivity index (χ0) is 21.3. The van der Waals surface area contributed by atoms with Gasteiger partial charge in [-0.25, -0.2) is 0 Å². The summed E-state index contributed by atoms with van der Waals surface area (Å²) in [5.74, 6) is 0.677. The molecule has 0 unspecified atom stereocenters. The average molecular weight is 446 g/mol. The average Bonchev–Trinajstić information content (AvgIpc) is 3.38. The molecule has 1 aliphatic heterocycles. The first-order valence-corrected chi connectivity index (χ1v) is 10.7. The molecular formula is C21H20ClN3O4S. The maximum Gasteiger partial charge on any atom is 0.269 e. The molecule has 2 heterocycles. The number of rotatable bonds is 5. The van der Waals surface area contributed by atoms with Gasteiger partial charge in [-0.15, -0.1) is 11.3 Å². The molecule has 1 aliphatic carbocycles. The minimum absolute atomic E-state index is 0.262. The van der Waals surface area contributed by atoms with Crippen LogP contribution in [-0.2, 0) is 22.5 Å².